The molecule has 1 atom stereocenters. The van der Waals surface area contributed by atoms with Gasteiger partial charge in [-0.1, -0.05) is 51.1 Å². The summed E-state index contributed by atoms with van der Waals surface area (Å²) in [5.74, 6) is 0. The largest absolute Gasteiger partial charge is 0.394 e. The molecule has 0 amide bonds. The molecule has 3 N–H and O–H groups in total. The topological polar surface area (TPSA) is 52.5 Å². The highest BCUT2D eigenvalue weighted by molar-refractivity contribution is 5.23. The molecule has 0 spiro atoms. The predicted octanol–water partition coefficient (Wildman–Crippen LogP) is 2.47. The van der Waals surface area contributed by atoms with Crippen LogP contribution in [0.5, 0.6) is 0 Å². The zero-order valence-corrected chi connectivity index (χ0v) is 13.2. The van der Waals surface area contributed by atoms with E-state index in [0.29, 0.717) is 6.42 Å². The fourth-order valence-electron chi connectivity index (χ4n) is 2.81. The molecule has 0 aromatic heterocycles. The van der Waals surface area contributed by atoms with E-state index in [9.17, 15) is 10.2 Å². The van der Waals surface area contributed by atoms with E-state index in [1.54, 1.807) is 0 Å². The van der Waals surface area contributed by atoms with Crippen molar-refractivity contribution in [3.05, 3.63) is 35.9 Å². The Morgan fingerprint density at radius 1 is 1.10 bits per heavy atom. The van der Waals surface area contributed by atoms with Crippen LogP contribution in [0.3, 0.4) is 0 Å². The first-order chi connectivity index (χ1) is 9.39. The summed E-state index contributed by atoms with van der Waals surface area (Å²) in [6.45, 7) is 8.46. The Balaban J connectivity index is 2.72. The van der Waals surface area contributed by atoms with Gasteiger partial charge in [0.05, 0.1) is 18.8 Å². The lowest BCUT2D eigenvalue weighted by Gasteiger charge is -2.36. The van der Waals surface area contributed by atoms with E-state index < -0.39 is 5.54 Å². The number of hydrogen-bond acceptors (Lipinski definition) is 3. The third-order valence-corrected chi connectivity index (χ3v) is 4.21. The van der Waals surface area contributed by atoms with Crippen LogP contribution in [-0.2, 0) is 5.41 Å². The third kappa shape index (κ3) is 4.30. The first kappa shape index (κ1) is 17.2. The summed E-state index contributed by atoms with van der Waals surface area (Å²) in [5, 5.41) is 22.4. The Bertz CT molecular complexity index is 377. The van der Waals surface area contributed by atoms with Crippen molar-refractivity contribution >= 4 is 0 Å². The van der Waals surface area contributed by atoms with Gasteiger partial charge in [-0.3, -0.25) is 0 Å². The van der Waals surface area contributed by atoms with E-state index in [4.69, 9.17) is 0 Å². The minimum absolute atomic E-state index is 0.0455. The highest BCUT2D eigenvalue weighted by Crippen LogP contribution is 2.28. The standard InChI is InChI=1S/C17H29NO2/c1-5-17(12-19,13-20)18-14(2)11-16(3,4)15-9-7-6-8-10-15/h6-10,14,18-20H,5,11-13H2,1-4H3. The Labute approximate surface area is 123 Å². The van der Waals surface area contributed by atoms with Crippen LogP contribution in [0.1, 0.15) is 46.1 Å². The van der Waals surface area contributed by atoms with E-state index in [1.807, 2.05) is 13.0 Å². The van der Waals surface area contributed by atoms with Gasteiger partial charge in [-0.25, -0.2) is 0 Å². The molecule has 1 aromatic carbocycles. The molecule has 1 aromatic rings. The second-order valence-electron chi connectivity index (χ2n) is 6.45. The van der Waals surface area contributed by atoms with Crippen LogP contribution in [0.25, 0.3) is 0 Å². The minimum Gasteiger partial charge on any atom is -0.394 e. The van der Waals surface area contributed by atoms with E-state index in [-0.39, 0.29) is 24.7 Å². The lowest BCUT2D eigenvalue weighted by molar-refractivity contribution is 0.0759. The Morgan fingerprint density at radius 2 is 1.65 bits per heavy atom. The number of hydrogen-bond donors (Lipinski definition) is 3. The van der Waals surface area contributed by atoms with E-state index in [2.05, 4.69) is 50.4 Å². The molecule has 1 rings (SSSR count). The summed E-state index contributed by atoms with van der Waals surface area (Å²) in [6.07, 6.45) is 1.65. The summed E-state index contributed by atoms with van der Waals surface area (Å²) < 4.78 is 0. The van der Waals surface area contributed by atoms with Crippen molar-refractivity contribution in [2.24, 2.45) is 0 Å². The second kappa shape index (κ2) is 7.21. The summed E-state index contributed by atoms with van der Waals surface area (Å²) in [7, 11) is 0. The molecule has 0 saturated heterocycles. The zero-order chi connectivity index (χ0) is 15.2. The second-order valence-corrected chi connectivity index (χ2v) is 6.45. The van der Waals surface area contributed by atoms with Crippen molar-refractivity contribution in [1.29, 1.82) is 0 Å². The Kier molecular flexibility index (Phi) is 6.18. The van der Waals surface area contributed by atoms with Crippen LogP contribution in [0, 0.1) is 0 Å². The number of benzene rings is 1. The van der Waals surface area contributed by atoms with Gasteiger partial charge in [-0.2, -0.15) is 0 Å². The first-order valence-electron chi connectivity index (χ1n) is 7.44. The Morgan fingerprint density at radius 3 is 2.10 bits per heavy atom. The molecule has 3 heteroatoms. The van der Waals surface area contributed by atoms with Crippen LogP contribution in [-0.4, -0.2) is 35.0 Å². The zero-order valence-electron chi connectivity index (χ0n) is 13.2. The van der Waals surface area contributed by atoms with Crippen LogP contribution >= 0.6 is 0 Å². The predicted molar refractivity (Wildman–Crippen MR) is 83.9 cm³/mol. The van der Waals surface area contributed by atoms with E-state index in [0.717, 1.165) is 6.42 Å². The van der Waals surface area contributed by atoms with Gasteiger partial charge < -0.3 is 15.5 Å². The monoisotopic (exact) mass is 279 g/mol. The summed E-state index contributed by atoms with van der Waals surface area (Å²) in [4.78, 5) is 0. The van der Waals surface area contributed by atoms with Gasteiger partial charge in [0, 0.05) is 6.04 Å². The van der Waals surface area contributed by atoms with Gasteiger partial charge in [0.1, 0.15) is 0 Å². The molecular weight excluding hydrogens is 250 g/mol. The highest BCUT2D eigenvalue weighted by Gasteiger charge is 2.31. The van der Waals surface area contributed by atoms with Crippen LogP contribution in [0.2, 0.25) is 0 Å². The minimum atomic E-state index is -0.577. The molecule has 0 radical (unpaired) electrons. The third-order valence-electron chi connectivity index (χ3n) is 4.21. The average molecular weight is 279 g/mol. The maximum Gasteiger partial charge on any atom is 0.0647 e. The summed E-state index contributed by atoms with van der Waals surface area (Å²) >= 11 is 0. The molecule has 0 aliphatic heterocycles. The number of aliphatic hydroxyl groups is 2. The summed E-state index contributed by atoms with van der Waals surface area (Å²) in [6, 6.07) is 10.7. The fourth-order valence-corrected chi connectivity index (χ4v) is 2.81. The quantitative estimate of drug-likeness (QED) is 0.685. The fraction of sp³-hybridized carbons (Fsp3) is 0.647. The van der Waals surface area contributed by atoms with Crippen molar-refractivity contribution in [3.8, 4) is 0 Å². The van der Waals surface area contributed by atoms with Gasteiger partial charge in [-0.15, -0.1) is 0 Å². The lowest BCUT2D eigenvalue weighted by atomic mass is 9.79. The molecule has 0 fully saturated rings. The van der Waals surface area contributed by atoms with Crippen LogP contribution < -0.4 is 5.32 Å². The van der Waals surface area contributed by atoms with Gasteiger partial charge in [0.2, 0.25) is 0 Å². The number of rotatable bonds is 8. The first-order valence-corrected chi connectivity index (χ1v) is 7.44. The normalized spacial score (nSPS) is 14.3. The van der Waals surface area contributed by atoms with E-state index in [1.165, 1.54) is 5.56 Å². The molecule has 1 unspecified atom stereocenters. The molecular formula is C17H29NO2. The highest BCUT2D eigenvalue weighted by atomic mass is 16.3. The van der Waals surface area contributed by atoms with Crippen molar-refractivity contribution in [2.45, 2.75) is 57.5 Å². The molecule has 3 nitrogen and oxygen atoms in total. The summed E-state index contributed by atoms with van der Waals surface area (Å²) in [5.41, 5.74) is 0.785. The molecule has 114 valence electrons. The van der Waals surface area contributed by atoms with Gasteiger partial charge in [-0.05, 0) is 30.7 Å². The molecule has 0 aliphatic carbocycles. The van der Waals surface area contributed by atoms with Crippen LogP contribution in [0.15, 0.2) is 30.3 Å². The Hall–Kier alpha value is -0.900. The van der Waals surface area contributed by atoms with Crippen molar-refractivity contribution in [2.75, 3.05) is 13.2 Å². The van der Waals surface area contributed by atoms with Crippen molar-refractivity contribution in [3.63, 3.8) is 0 Å². The number of aliphatic hydroxyl groups excluding tert-OH is 2. The SMILES string of the molecule is CCC(CO)(CO)NC(C)CC(C)(C)c1ccccc1. The van der Waals surface area contributed by atoms with Crippen molar-refractivity contribution in [1.82, 2.24) is 5.32 Å². The number of nitrogens with one attached hydrogen (secondary N) is 1. The van der Waals surface area contributed by atoms with E-state index >= 15 is 0 Å². The molecule has 0 saturated carbocycles. The maximum atomic E-state index is 9.52. The van der Waals surface area contributed by atoms with Gasteiger partial charge >= 0.3 is 0 Å². The van der Waals surface area contributed by atoms with Gasteiger partial charge in [0.25, 0.3) is 0 Å². The van der Waals surface area contributed by atoms with Crippen molar-refractivity contribution < 1.29 is 10.2 Å². The molecule has 0 bridgehead atoms. The van der Waals surface area contributed by atoms with Gasteiger partial charge in [0.15, 0.2) is 0 Å². The smallest absolute Gasteiger partial charge is 0.0647 e. The average Bonchev–Trinajstić information content (AvgIpc) is 2.45. The molecule has 0 aliphatic rings. The molecule has 20 heavy (non-hydrogen) atoms. The maximum absolute atomic E-state index is 9.52. The van der Waals surface area contributed by atoms with Crippen LogP contribution in [0.4, 0.5) is 0 Å². The molecule has 0 heterocycles. The lowest BCUT2D eigenvalue weighted by Crippen LogP contribution is -2.55.